The summed E-state index contributed by atoms with van der Waals surface area (Å²) in [6.07, 6.45) is 1.61. The van der Waals surface area contributed by atoms with Gasteiger partial charge in [0.15, 0.2) is 5.82 Å². The number of nitrogens with zero attached hydrogens (tertiary/aromatic N) is 4. The van der Waals surface area contributed by atoms with Crippen molar-refractivity contribution in [3.63, 3.8) is 0 Å². The van der Waals surface area contributed by atoms with Crippen LogP contribution in [0.5, 0.6) is 0 Å². The van der Waals surface area contributed by atoms with E-state index in [0.717, 1.165) is 11.3 Å². The van der Waals surface area contributed by atoms with Gasteiger partial charge >= 0.3 is 0 Å². The second-order valence-electron chi connectivity index (χ2n) is 3.71. The van der Waals surface area contributed by atoms with Crippen molar-refractivity contribution < 1.29 is 0 Å². The Bertz CT molecular complexity index is 649. The highest BCUT2D eigenvalue weighted by atomic mass is 35.5. The first-order valence-electron chi connectivity index (χ1n) is 5.43. The second-order valence-corrected chi connectivity index (χ2v) is 4.10. The third kappa shape index (κ3) is 1.98. The molecule has 0 saturated carbocycles. The summed E-state index contributed by atoms with van der Waals surface area (Å²) in [5, 5.41) is 12.7. The van der Waals surface area contributed by atoms with Gasteiger partial charge in [-0.05, 0) is 12.1 Å². The molecule has 3 rings (SSSR count). The molecule has 0 spiro atoms. The van der Waals surface area contributed by atoms with Crippen molar-refractivity contribution in [3.05, 3.63) is 59.9 Å². The van der Waals surface area contributed by atoms with Gasteiger partial charge < -0.3 is 0 Å². The number of benzene rings is 1. The maximum absolute atomic E-state index is 6.16. The maximum atomic E-state index is 6.16. The van der Waals surface area contributed by atoms with Crippen LogP contribution < -0.4 is 0 Å². The molecule has 4 nitrogen and oxygen atoms in total. The zero-order valence-corrected chi connectivity index (χ0v) is 10.1. The van der Waals surface area contributed by atoms with E-state index in [1.807, 2.05) is 36.4 Å². The molecule has 0 aliphatic rings. The van der Waals surface area contributed by atoms with Crippen LogP contribution in [0.15, 0.2) is 54.7 Å². The number of hydrogen-bond acceptors (Lipinski definition) is 3. The van der Waals surface area contributed by atoms with Crippen LogP contribution in [0.25, 0.3) is 17.1 Å². The fraction of sp³-hybridized carbons (Fsp3) is 0. The third-order valence-corrected chi connectivity index (χ3v) is 2.78. The Hall–Kier alpha value is -2.20. The van der Waals surface area contributed by atoms with Gasteiger partial charge in [-0.2, -0.15) is 10.2 Å². The number of rotatable bonds is 2. The SMILES string of the molecule is Clc1cc(-c2ccccc2)nn1-c1cccnn1. The Morgan fingerprint density at radius 1 is 1.00 bits per heavy atom. The minimum Gasteiger partial charge on any atom is -0.201 e. The molecule has 0 atom stereocenters. The molecule has 0 radical (unpaired) electrons. The summed E-state index contributed by atoms with van der Waals surface area (Å²) in [6.45, 7) is 0. The van der Waals surface area contributed by atoms with E-state index in [2.05, 4.69) is 15.3 Å². The van der Waals surface area contributed by atoms with E-state index in [1.54, 1.807) is 23.0 Å². The molecule has 18 heavy (non-hydrogen) atoms. The van der Waals surface area contributed by atoms with Crippen LogP contribution in [0, 0.1) is 0 Å². The van der Waals surface area contributed by atoms with E-state index in [4.69, 9.17) is 11.6 Å². The number of aromatic nitrogens is 4. The molecule has 0 amide bonds. The van der Waals surface area contributed by atoms with E-state index >= 15 is 0 Å². The van der Waals surface area contributed by atoms with Crippen molar-refractivity contribution in [1.29, 1.82) is 0 Å². The van der Waals surface area contributed by atoms with Crippen LogP contribution in [0.3, 0.4) is 0 Å². The fourth-order valence-electron chi connectivity index (χ4n) is 1.68. The van der Waals surface area contributed by atoms with Crippen molar-refractivity contribution in [2.75, 3.05) is 0 Å². The van der Waals surface area contributed by atoms with Gasteiger partial charge in [0.2, 0.25) is 0 Å². The van der Waals surface area contributed by atoms with Crippen molar-refractivity contribution in [2.45, 2.75) is 0 Å². The van der Waals surface area contributed by atoms with Crippen LogP contribution in [0.2, 0.25) is 5.15 Å². The smallest absolute Gasteiger partial charge is 0.177 e. The highest BCUT2D eigenvalue weighted by Crippen LogP contribution is 2.23. The normalized spacial score (nSPS) is 10.5. The zero-order chi connectivity index (χ0) is 12.4. The van der Waals surface area contributed by atoms with Gasteiger partial charge in [-0.3, -0.25) is 0 Å². The Kier molecular flexibility index (Phi) is 2.78. The summed E-state index contributed by atoms with van der Waals surface area (Å²) in [5.74, 6) is 0.602. The second kappa shape index (κ2) is 4.58. The molecule has 0 fully saturated rings. The number of halogens is 1. The molecule has 5 heteroatoms. The Morgan fingerprint density at radius 3 is 2.56 bits per heavy atom. The van der Waals surface area contributed by atoms with Crippen molar-refractivity contribution in [2.24, 2.45) is 0 Å². The summed E-state index contributed by atoms with van der Waals surface area (Å²) in [5.41, 5.74) is 1.83. The van der Waals surface area contributed by atoms with Gasteiger partial charge in [0, 0.05) is 17.8 Å². The van der Waals surface area contributed by atoms with Crippen LogP contribution in [0.1, 0.15) is 0 Å². The van der Waals surface area contributed by atoms with Crippen molar-refractivity contribution in [3.8, 4) is 17.1 Å². The quantitative estimate of drug-likeness (QED) is 0.708. The minimum absolute atomic E-state index is 0.509. The molecule has 3 aromatic rings. The predicted molar refractivity (Wildman–Crippen MR) is 69.6 cm³/mol. The molecule has 0 aliphatic carbocycles. The zero-order valence-electron chi connectivity index (χ0n) is 9.36. The van der Waals surface area contributed by atoms with Gasteiger partial charge in [-0.25, -0.2) is 4.68 Å². The summed E-state index contributed by atoms with van der Waals surface area (Å²) in [7, 11) is 0. The molecule has 0 saturated heterocycles. The lowest BCUT2D eigenvalue weighted by Gasteiger charge is -1.99. The van der Waals surface area contributed by atoms with Crippen LogP contribution in [-0.2, 0) is 0 Å². The third-order valence-electron chi connectivity index (χ3n) is 2.51. The lowest BCUT2D eigenvalue weighted by molar-refractivity contribution is 0.817. The molecule has 0 aliphatic heterocycles. The standard InChI is InChI=1S/C13H9ClN4/c14-12-9-11(10-5-2-1-3-6-10)17-18(12)13-7-4-8-15-16-13/h1-9H. The highest BCUT2D eigenvalue weighted by Gasteiger charge is 2.09. The van der Waals surface area contributed by atoms with E-state index in [1.165, 1.54) is 0 Å². The molecular weight excluding hydrogens is 248 g/mol. The summed E-state index contributed by atoms with van der Waals surface area (Å²) in [4.78, 5) is 0. The minimum atomic E-state index is 0.509. The van der Waals surface area contributed by atoms with E-state index in [0.29, 0.717) is 11.0 Å². The van der Waals surface area contributed by atoms with Gasteiger partial charge in [0.1, 0.15) is 5.15 Å². The molecule has 88 valence electrons. The molecule has 2 heterocycles. The Morgan fingerprint density at radius 2 is 1.83 bits per heavy atom. The maximum Gasteiger partial charge on any atom is 0.177 e. The summed E-state index contributed by atoms with van der Waals surface area (Å²) < 4.78 is 1.57. The molecule has 1 aromatic carbocycles. The largest absolute Gasteiger partial charge is 0.201 e. The molecule has 0 unspecified atom stereocenters. The Balaban J connectivity index is 2.07. The van der Waals surface area contributed by atoms with Crippen molar-refractivity contribution in [1.82, 2.24) is 20.0 Å². The van der Waals surface area contributed by atoms with Crippen LogP contribution in [-0.4, -0.2) is 20.0 Å². The van der Waals surface area contributed by atoms with Crippen LogP contribution >= 0.6 is 11.6 Å². The van der Waals surface area contributed by atoms with E-state index in [-0.39, 0.29) is 0 Å². The first-order valence-corrected chi connectivity index (χ1v) is 5.81. The molecule has 0 bridgehead atoms. The average Bonchev–Trinajstić information content (AvgIpc) is 2.83. The average molecular weight is 257 g/mol. The highest BCUT2D eigenvalue weighted by molar-refractivity contribution is 6.30. The lowest BCUT2D eigenvalue weighted by Crippen LogP contribution is -2.00. The monoisotopic (exact) mass is 256 g/mol. The van der Waals surface area contributed by atoms with Gasteiger partial charge in [0.25, 0.3) is 0 Å². The van der Waals surface area contributed by atoms with Gasteiger partial charge in [-0.1, -0.05) is 41.9 Å². The topological polar surface area (TPSA) is 43.6 Å². The van der Waals surface area contributed by atoms with Crippen LogP contribution in [0.4, 0.5) is 0 Å². The first-order chi connectivity index (χ1) is 8.84. The predicted octanol–water partition coefficient (Wildman–Crippen LogP) is 2.98. The molecular formula is C13H9ClN4. The van der Waals surface area contributed by atoms with Crippen molar-refractivity contribution >= 4 is 11.6 Å². The van der Waals surface area contributed by atoms with E-state index in [9.17, 15) is 0 Å². The molecule has 0 N–H and O–H groups in total. The summed E-state index contributed by atoms with van der Waals surface area (Å²) >= 11 is 6.16. The van der Waals surface area contributed by atoms with Gasteiger partial charge in [-0.15, -0.1) is 5.10 Å². The molecule has 2 aromatic heterocycles. The Labute approximate surface area is 109 Å². The summed E-state index contributed by atoms with van der Waals surface area (Å²) in [6, 6.07) is 15.3. The van der Waals surface area contributed by atoms with Gasteiger partial charge in [0.05, 0.1) is 5.69 Å². The number of hydrogen-bond donors (Lipinski definition) is 0. The fourth-order valence-corrected chi connectivity index (χ4v) is 1.90. The van der Waals surface area contributed by atoms with E-state index < -0.39 is 0 Å². The lowest BCUT2D eigenvalue weighted by atomic mass is 10.2. The first kappa shape index (κ1) is 10.9.